The van der Waals surface area contributed by atoms with Crippen molar-refractivity contribution < 1.29 is 23.0 Å². The summed E-state index contributed by atoms with van der Waals surface area (Å²) in [5.41, 5.74) is 0. The van der Waals surface area contributed by atoms with E-state index in [4.69, 9.17) is 4.42 Å². The second kappa shape index (κ2) is 3.82. The molecule has 2 heteroatoms. The summed E-state index contributed by atoms with van der Waals surface area (Å²) in [5.74, 6) is 0.931. The fraction of sp³-hybridized carbons (Fsp3) is 0.333. The molecule has 0 spiro atoms. The molecule has 0 bridgehead atoms. The molecule has 8 heavy (non-hydrogen) atoms. The SMILES string of the molecule is CCc1[c-]cco1.[V+2]. The first-order valence-corrected chi connectivity index (χ1v) is 2.37. The minimum Gasteiger partial charge on any atom is -0.573 e. The zero-order chi connectivity index (χ0) is 5.11. The Morgan fingerprint density at radius 3 is 2.75 bits per heavy atom. The zero-order valence-corrected chi connectivity index (χ0v) is 6.11. The van der Waals surface area contributed by atoms with E-state index in [-0.39, 0.29) is 18.6 Å². The van der Waals surface area contributed by atoms with Gasteiger partial charge in [-0.3, -0.25) is 0 Å². The normalized spacial score (nSPS) is 8.12. The fourth-order valence-electron chi connectivity index (χ4n) is 0.463. The summed E-state index contributed by atoms with van der Waals surface area (Å²) in [4.78, 5) is 0. The van der Waals surface area contributed by atoms with Crippen molar-refractivity contribution in [3.8, 4) is 0 Å². The van der Waals surface area contributed by atoms with Crippen LogP contribution in [-0.2, 0) is 25.0 Å². The molecule has 0 fully saturated rings. The largest absolute Gasteiger partial charge is 2.00 e. The average molecular weight is 146 g/mol. The molecule has 0 aliphatic heterocycles. The van der Waals surface area contributed by atoms with E-state index >= 15 is 0 Å². The Kier molecular flexibility index (Phi) is 3.75. The van der Waals surface area contributed by atoms with Crippen LogP contribution in [0.5, 0.6) is 0 Å². The molecule has 41 valence electrons. The van der Waals surface area contributed by atoms with Gasteiger partial charge in [0.1, 0.15) is 0 Å². The van der Waals surface area contributed by atoms with E-state index in [2.05, 4.69) is 6.07 Å². The van der Waals surface area contributed by atoms with Gasteiger partial charge < -0.3 is 4.42 Å². The minimum atomic E-state index is 0. The molecule has 1 heterocycles. The second-order valence-corrected chi connectivity index (χ2v) is 1.34. The summed E-state index contributed by atoms with van der Waals surface area (Å²) in [6.07, 6.45) is 2.58. The Balaban J connectivity index is 0.000000490. The molecule has 0 unspecified atom stereocenters. The molecule has 0 atom stereocenters. The third-order valence-electron chi connectivity index (χ3n) is 0.844. The van der Waals surface area contributed by atoms with Gasteiger partial charge in [-0.2, -0.15) is 6.07 Å². The molecule has 0 aliphatic rings. The van der Waals surface area contributed by atoms with Crippen LogP contribution in [-0.4, -0.2) is 0 Å². The van der Waals surface area contributed by atoms with Crippen LogP contribution < -0.4 is 0 Å². The molecule has 0 saturated heterocycles. The molecule has 1 aromatic rings. The van der Waals surface area contributed by atoms with Crippen LogP contribution in [0.3, 0.4) is 0 Å². The van der Waals surface area contributed by atoms with Gasteiger partial charge in [0, 0.05) is 0 Å². The molecule has 0 saturated carbocycles. The Morgan fingerprint density at radius 2 is 2.50 bits per heavy atom. The first-order chi connectivity index (χ1) is 3.43. The number of rotatable bonds is 1. The Labute approximate surface area is 61.0 Å². The van der Waals surface area contributed by atoms with Gasteiger partial charge in [-0.25, -0.2) is 6.07 Å². The van der Waals surface area contributed by atoms with Crippen molar-refractivity contribution in [1.82, 2.24) is 0 Å². The predicted molar refractivity (Wildman–Crippen MR) is 26.9 cm³/mol. The number of hydrogen-bond donors (Lipinski definition) is 0. The van der Waals surface area contributed by atoms with E-state index in [1.54, 1.807) is 12.3 Å². The maximum atomic E-state index is 4.93. The van der Waals surface area contributed by atoms with Crippen molar-refractivity contribution in [2.45, 2.75) is 13.3 Å². The standard InChI is InChI=1S/C6H7O.V/c1-2-6-4-3-5-7-6;/h3,5H,2H2,1H3;/q-1;+2. The zero-order valence-electron chi connectivity index (χ0n) is 4.72. The van der Waals surface area contributed by atoms with Crippen LogP contribution in [0.2, 0.25) is 0 Å². The van der Waals surface area contributed by atoms with Gasteiger partial charge in [-0.1, -0.05) is 13.2 Å². The maximum absolute atomic E-state index is 4.93. The second-order valence-electron chi connectivity index (χ2n) is 1.34. The predicted octanol–water partition coefficient (Wildman–Crippen LogP) is 1.64. The Morgan fingerprint density at radius 1 is 1.75 bits per heavy atom. The van der Waals surface area contributed by atoms with E-state index in [0.717, 1.165) is 12.2 Å². The molecule has 0 aromatic carbocycles. The summed E-state index contributed by atoms with van der Waals surface area (Å²) in [6.45, 7) is 2.04. The molecule has 1 nitrogen and oxygen atoms in total. The smallest absolute Gasteiger partial charge is 0.573 e. The van der Waals surface area contributed by atoms with Crippen LogP contribution in [0.15, 0.2) is 16.7 Å². The van der Waals surface area contributed by atoms with Crippen molar-refractivity contribution in [1.29, 1.82) is 0 Å². The van der Waals surface area contributed by atoms with Crippen molar-refractivity contribution in [2.24, 2.45) is 0 Å². The van der Waals surface area contributed by atoms with Gasteiger partial charge in [-0.15, -0.1) is 0 Å². The van der Waals surface area contributed by atoms with Gasteiger partial charge in [0.25, 0.3) is 0 Å². The van der Waals surface area contributed by atoms with Crippen LogP contribution >= 0.6 is 0 Å². The van der Waals surface area contributed by atoms with Crippen molar-refractivity contribution >= 4 is 0 Å². The molecular weight excluding hydrogens is 139 g/mol. The topological polar surface area (TPSA) is 13.1 Å². The van der Waals surface area contributed by atoms with E-state index in [0.29, 0.717) is 0 Å². The summed E-state index contributed by atoms with van der Waals surface area (Å²) >= 11 is 0. The maximum Gasteiger partial charge on any atom is 2.00 e. The molecule has 0 amide bonds. The van der Waals surface area contributed by atoms with Crippen LogP contribution in [0.4, 0.5) is 0 Å². The summed E-state index contributed by atoms with van der Waals surface area (Å²) < 4.78 is 4.93. The molecule has 0 N–H and O–H groups in total. The van der Waals surface area contributed by atoms with Crippen LogP contribution in [0, 0.1) is 6.07 Å². The fourth-order valence-corrected chi connectivity index (χ4v) is 0.463. The number of furan rings is 1. The minimum absolute atomic E-state index is 0. The monoisotopic (exact) mass is 146 g/mol. The van der Waals surface area contributed by atoms with E-state index < -0.39 is 0 Å². The number of aryl methyl sites for hydroxylation is 1. The van der Waals surface area contributed by atoms with Gasteiger partial charge in [0.15, 0.2) is 0 Å². The molecule has 1 radical (unpaired) electrons. The number of hydrogen-bond acceptors (Lipinski definition) is 1. The van der Waals surface area contributed by atoms with Gasteiger partial charge in [-0.05, 0) is 12.2 Å². The van der Waals surface area contributed by atoms with E-state index in [1.165, 1.54) is 0 Å². The Bertz CT molecular complexity index is 123. The van der Waals surface area contributed by atoms with Crippen molar-refractivity contribution in [2.75, 3.05) is 0 Å². The molecular formula is C6H7OV+. The average Bonchev–Trinajstić information content (AvgIpc) is 2.14. The third-order valence-corrected chi connectivity index (χ3v) is 0.844. The quantitative estimate of drug-likeness (QED) is 0.549. The van der Waals surface area contributed by atoms with Crippen LogP contribution in [0.1, 0.15) is 12.7 Å². The third kappa shape index (κ3) is 1.77. The summed E-state index contributed by atoms with van der Waals surface area (Å²) in [7, 11) is 0. The van der Waals surface area contributed by atoms with Crippen LogP contribution in [0.25, 0.3) is 0 Å². The summed E-state index contributed by atoms with van der Waals surface area (Å²) in [5, 5.41) is 0. The van der Waals surface area contributed by atoms with E-state index in [1.807, 2.05) is 6.92 Å². The summed E-state index contributed by atoms with van der Waals surface area (Å²) in [6, 6.07) is 4.70. The Hall–Kier alpha value is -0.136. The van der Waals surface area contributed by atoms with Gasteiger partial charge >= 0.3 is 18.6 Å². The van der Waals surface area contributed by atoms with Crippen molar-refractivity contribution in [3.63, 3.8) is 0 Å². The van der Waals surface area contributed by atoms with Crippen molar-refractivity contribution in [3.05, 3.63) is 24.2 Å². The first-order valence-electron chi connectivity index (χ1n) is 2.37. The van der Waals surface area contributed by atoms with Gasteiger partial charge in [0.05, 0.1) is 0 Å². The van der Waals surface area contributed by atoms with E-state index in [9.17, 15) is 0 Å². The molecule has 1 aromatic heterocycles. The molecule has 0 aliphatic carbocycles. The first kappa shape index (κ1) is 7.86. The van der Waals surface area contributed by atoms with Gasteiger partial charge in [0.2, 0.25) is 0 Å². The molecule has 1 rings (SSSR count).